The number of benzene rings is 5. The van der Waals surface area contributed by atoms with E-state index < -0.39 is 0 Å². The van der Waals surface area contributed by atoms with Crippen LogP contribution in [0.25, 0.3) is 59.9 Å². The first-order valence-electron chi connectivity index (χ1n) is 11.5. The van der Waals surface area contributed by atoms with Crippen LogP contribution in [0.15, 0.2) is 97.1 Å². The van der Waals surface area contributed by atoms with E-state index in [-0.39, 0.29) is 0 Å². The zero-order valence-electron chi connectivity index (χ0n) is 17.6. The quantitative estimate of drug-likeness (QED) is 0.261. The topological polar surface area (TPSA) is 0 Å². The Balaban J connectivity index is 1.60. The zero-order valence-corrected chi connectivity index (χ0v) is 17.6. The summed E-state index contributed by atoms with van der Waals surface area (Å²) in [5.41, 5.74) is 2.93. The third-order valence-electron chi connectivity index (χ3n) is 7.71. The van der Waals surface area contributed by atoms with E-state index in [4.69, 9.17) is 0 Å². The molecular formula is C32H20. The Bertz CT molecular complexity index is 1890. The average molecular weight is 405 g/mol. The van der Waals surface area contributed by atoms with Crippen molar-refractivity contribution < 1.29 is 0 Å². The summed E-state index contributed by atoms with van der Waals surface area (Å²) in [7, 11) is 0. The first-order chi connectivity index (χ1) is 15.9. The maximum atomic E-state index is 2.50. The number of fused-ring (bicyclic) bond motifs is 6. The minimum absolute atomic E-state index is 0.406. The van der Waals surface area contributed by atoms with Gasteiger partial charge in [-0.3, -0.25) is 0 Å². The predicted molar refractivity (Wildman–Crippen MR) is 138 cm³/mol. The number of rotatable bonds is 1. The molecule has 1 unspecified atom stereocenters. The number of hydrogen-bond acceptors (Lipinski definition) is 0. The first kappa shape index (κ1) is 16.8. The molecule has 0 N–H and O–H groups in total. The Hall–Kier alpha value is -3.90. The first-order valence-corrected chi connectivity index (χ1v) is 11.5. The zero-order chi connectivity index (χ0) is 20.8. The van der Waals surface area contributed by atoms with Gasteiger partial charge in [0.25, 0.3) is 0 Å². The average Bonchev–Trinajstić information content (AvgIpc) is 3.35. The fourth-order valence-electron chi connectivity index (χ4n) is 6.39. The van der Waals surface area contributed by atoms with Crippen LogP contribution in [0.1, 0.15) is 23.5 Å². The molecule has 7 aromatic rings. The Kier molecular flexibility index (Phi) is 3.07. The molecule has 8 rings (SSSR count). The van der Waals surface area contributed by atoms with E-state index >= 15 is 0 Å². The van der Waals surface area contributed by atoms with E-state index in [1.54, 1.807) is 0 Å². The molecule has 0 heterocycles. The van der Waals surface area contributed by atoms with Gasteiger partial charge in [-0.25, -0.2) is 0 Å². The summed E-state index contributed by atoms with van der Waals surface area (Å²) in [6.07, 6.45) is 3.50. The maximum absolute atomic E-state index is 2.50. The molecule has 1 aliphatic rings. The molecule has 7 aromatic carbocycles. The van der Waals surface area contributed by atoms with Gasteiger partial charge in [0.15, 0.2) is 0 Å². The summed E-state index contributed by atoms with van der Waals surface area (Å²) in [4.78, 5) is 0. The molecule has 148 valence electrons. The van der Waals surface area contributed by atoms with Crippen LogP contribution in [0.4, 0.5) is 0 Å². The van der Waals surface area contributed by atoms with Crippen molar-refractivity contribution in [2.75, 3.05) is 0 Å². The molecule has 0 amide bonds. The predicted octanol–water partition coefficient (Wildman–Crippen LogP) is 7.93. The second-order valence-electron chi connectivity index (χ2n) is 9.24. The van der Waals surface area contributed by atoms with Crippen LogP contribution in [-0.4, -0.2) is 0 Å². The van der Waals surface area contributed by atoms with Crippen LogP contribution in [0.5, 0.6) is 0 Å². The maximum Gasteiger partial charge on any atom is 0.0137 e. The number of hydrogen-bond donors (Lipinski definition) is 0. The van der Waals surface area contributed by atoms with Gasteiger partial charge in [0.1, 0.15) is 0 Å². The van der Waals surface area contributed by atoms with E-state index in [1.807, 2.05) is 0 Å². The molecule has 0 radical (unpaired) electrons. The molecule has 32 heavy (non-hydrogen) atoms. The Morgan fingerprint density at radius 3 is 1.88 bits per heavy atom. The minimum Gasteiger partial charge on any atom is -0.0757 e. The van der Waals surface area contributed by atoms with Gasteiger partial charge < -0.3 is 0 Å². The SMILES string of the molecule is C1=c2cccc3c2c(c2cc4c(cc23)c2cccc3cccc4c32)C(c2ccccc2)C1. The van der Waals surface area contributed by atoms with E-state index in [0.29, 0.717) is 5.92 Å². The third-order valence-corrected chi connectivity index (χ3v) is 7.71. The van der Waals surface area contributed by atoms with Gasteiger partial charge in [-0.05, 0) is 88.8 Å². The van der Waals surface area contributed by atoms with Crippen LogP contribution in [0.3, 0.4) is 0 Å². The van der Waals surface area contributed by atoms with Gasteiger partial charge in [0.2, 0.25) is 0 Å². The van der Waals surface area contributed by atoms with Crippen LogP contribution < -0.4 is 5.22 Å². The summed E-state index contributed by atoms with van der Waals surface area (Å²) >= 11 is 0. The summed E-state index contributed by atoms with van der Waals surface area (Å²) in [5, 5.41) is 15.3. The molecule has 0 heteroatoms. The van der Waals surface area contributed by atoms with Crippen molar-refractivity contribution in [1.29, 1.82) is 0 Å². The van der Waals surface area contributed by atoms with Crippen LogP contribution >= 0.6 is 0 Å². The normalized spacial score (nSPS) is 15.9. The van der Waals surface area contributed by atoms with Gasteiger partial charge in [-0.2, -0.15) is 0 Å². The highest BCUT2D eigenvalue weighted by Gasteiger charge is 2.25. The van der Waals surface area contributed by atoms with Crippen LogP contribution in [-0.2, 0) is 0 Å². The van der Waals surface area contributed by atoms with Gasteiger partial charge >= 0.3 is 0 Å². The molecule has 0 bridgehead atoms. The fraction of sp³-hybridized carbons (Fsp3) is 0.0625. The largest absolute Gasteiger partial charge is 0.0757 e. The molecule has 0 aliphatic heterocycles. The Morgan fingerprint density at radius 1 is 0.500 bits per heavy atom. The summed E-state index contributed by atoms with van der Waals surface area (Å²) in [6.45, 7) is 0. The lowest BCUT2D eigenvalue weighted by Crippen LogP contribution is -2.12. The summed E-state index contributed by atoms with van der Waals surface area (Å²) in [5.74, 6) is 0.406. The highest BCUT2D eigenvalue weighted by molar-refractivity contribution is 6.33. The highest BCUT2D eigenvalue weighted by Crippen LogP contribution is 2.47. The second kappa shape index (κ2) is 5.87. The lowest BCUT2D eigenvalue weighted by molar-refractivity contribution is 0.863. The van der Waals surface area contributed by atoms with Crippen molar-refractivity contribution in [3.05, 3.63) is 113 Å². The van der Waals surface area contributed by atoms with Crippen LogP contribution in [0.2, 0.25) is 0 Å². The van der Waals surface area contributed by atoms with Gasteiger partial charge in [-0.1, -0.05) is 91.0 Å². The van der Waals surface area contributed by atoms with E-state index in [1.165, 1.54) is 70.2 Å². The smallest absolute Gasteiger partial charge is 0.0137 e. The van der Waals surface area contributed by atoms with Crippen LogP contribution in [0, 0.1) is 0 Å². The van der Waals surface area contributed by atoms with Crippen molar-refractivity contribution >= 4 is 59.9 Å². The van der Waals surface area contributed by atoms with E-state index in [0.717, 1.165) is 6.42 Å². The van der Waals surface area contributed by atoms with Crippen molar-refractivity contribution in [2.24, 2.45) is 0 Å². The molecular weight excluding hydrogens is 384 g/mol. The van der Waals surface area contributed by atoms with Crippen molar-refractivity contribution in [3.8, 4) is 0 Å². The van der Waals surface area contributed by atoms with E-state index in [2.05, 4.69) is 103 Å². The Morgan fingerprint density at radius 2 is 1.12 bits per heavy atom. The van der Waals surface area contributed by atoms with E-state index in [9.17, 15) is 0 Å². The molecule has 0 saturated heterocycles. The monoisotopic (exact) mass is 404 g/mol. The second-order valence-corrected chi connectivity index (χ2v) is 9.24. The molecule has 0 spiro atoms. The third kappa shape index (κ3) is 1.98. The Labute approximate surface area is 185 Å². The molecule has 0 saturated carbocycles. The molecule has 0 aromatic heterocycles. The summed E-state index contributed by atoms with van der Waals surface area (Å²) < 4.78 is 0. The van der Waals surface area contributed by atoms with Crippen molar-refractivity contribution in [1.82, 2.24) is 0 Å². The van der Waals surface area contributed by atoms with Gasteiger partial charge in [0, 0.05) is 5.92 Å². The standard InChI is InChI=1S/C32H20/c1-2-7-19(8-3-1)22-16-15-21-11-6-14-25-28-17-26-23-12-4-9-20-10-5-13-24(30(20)23)27(26)18-29(28)32(22)31(21)25/h1-15,17-18,22H,16H2. The van der Waals surface area contributed by atoms with Crippen molar-refractivity contribution in [2.45, 2.75) is 12.3 Å². The fourth-order valence-corrected chi connectivity index (χ4v) is 6.39. The molecule has 0 nitrogen and oxygen atoms in total. The molecule has 1 atom stereocenters. The lowest BCUT2D eigenvalue weighted by Gasteiger charge is -2.20. The highest BCUT2D eigenvalue weighted by atomic mass is 14.3. The molecule has 0 fully saturated rings. The van der Waals surface area contributed by atoms with Crippen molar-refractivity contribution in [3.63, 3.8) is 0 Å². The van der Waals surface area contributed by atoms with Gasteiger partial charge in [-0.15, -0.1) is 0 Å². The van der Waals surface area contributed by atoms with Gasteiger partial charge in [0.05, 0.1) is 0 Å². The molecule has 1 aliphatic carbocycles. The summed E-state index contributed by atoms with van der Waals surface area (Å²) in [6, 6.07) is 36.3. The minimum atomic E-state index is 0.406. The lowest BCUT2D eigenvalue weighted by atomic mass is 9.83.